The van der Waals surface area contributed by atoms with E-state index in [-0.39, 0.29) is 77.5 Å². The van der Waals surface area contributed by atoms with Gasteiger partial charge >= 0.3 is 68.2 Å². The molecule has 4 aliphatic carbocycles. The summed E-state index contributed by atoms with van der Waals surface area (Å²) in [5, 5.41) is 27.1. The van der Waals surface area contributed by atoms with Crippen LogP contribution >= 0.6 is 9.12 Å². The summed E-state index contributed by atoms with van der Waals surface area (Å²) in [5.41, 5.74) is 8.98. The molecule has 1 unspecified atom stereocenters. The van der Waals surface area contributed by atoms with E-state index in [0.717, 1.165) is 94.5 Å². The molecule has 4 fully saturated rings. The molecule has 9 aromatic rings. The monoisotopic (exact) mass is 1300 g/mol. The van der Waals surface area contributed by atoms with Crippen molar-refractivity contribution in [3.05, 3.63) is 298 Å². The van der Waals surface area contributed by atoms with Crippen LogP contribution in [-0.4, -0.2) is 51.7 Å². The Morgan fingerprint density at radius 1 is 0.411 bits per heavy atom. The van der Waals surface area contributed by atoms with Crippen molar-refractivity contribution in [3.8, 4) is 23.0 Å². The van der Waals surface area contributed by atoms with Crippen molar-refractivity contribution in [2.45, 2.75) is 127 Å². The van der Waals surface area contributed by atoms with E-state index in [1.807, 2.05) is 191 Å². The first-order chi connectivity index (χ1) is 45.4. The predicted octanol–water partition coefficient (Wildman–Crippen LogP) is 12.7. The van der Waals surface area contributed by atoms with E-state index in [0.29, 0.717) is 51.9 Å². The van der Waals surface area contributed by atoms with Gasteiger partial charge < -0.3 is 35.7 Å². The topological polar surface area (TPSA) is 200 Å². The number of phenols is 2. The molecule has 0 aromatic heterocycles. The molecular weight excluding hydrogens is 1220 g/mol. The van der Waals surface area contributed by atoms with E-state index in [4.69, 9.17) is 39.0 Å². The van der Waals surface area contributed by atoms with Crippen molar-refractivity contribution in [1.82, 2.24) is 0 Å². The zero-order valence-corrected chi connectivity index (χ0v) is 57.5. The van der Waals surface area contributed by atoms with E-state index in [9.17, 15) is 24.0 Å². The van der Waals surface area contributed by atoms with E-state index in [1.54, 1.807) is 38.1 Å². The van der Waals surface area contributed by atoms with Gasteiger partial charge in [-0.05, 0) is 171 Å². The third-order valence-electron chi connectivity index (χ3n) is 17.2. The molecule has 9 aromatic carbocycles. The van der Waals surface area contributed by atoms with Crippen molar-refractivity contribution in [3.63, 3.8) is 0 Å². The first-order valence-corrected chi connectivity index (χ1v) is 32.1. The molecule has 3 N–H and O–H groups in total. The van der Waals surface area contributed by atoms with Crippen LogP contribution in [0.15, 0.2) is 243 Å². The zero-order valence-electron chi connectivity index (χ0n) is 55.4. The van der Waals surface area contributed by atoms with Gasteiger partial charge in [0, 0.05) is 0 Å². The summed E-state index contributed by atoms with van der Waals surface area (Å²) in [6, 6.07) is 76.6. The van der Waals surface area contributed by atoms with Gasteiger partial charge in [0.2, 0.25) is 0 Å². The van der Waals surface area contributed by atoms with Gasteiger partial charge in [0.25, 0.3) is 0 Å². The predicted molar refractivity (Wildman–Crippen MR) is 368 cm³/mol. The number of Topliss-reactive ketones (excluding diaryl/α,β-unsaturated/α-hetero) is 2. The van der Waals surface area contributed by atoms with Crippen LogP contribution < -0.4 is 39.0 Å². The number of hydrogen-bond acceptors (Lipinski definition) is 12. The number of carboxylic acids is 1. The normalized spacial score (nSPS) is 14.4. The number of esters is 2. The van der Waals surface area contributed by atoms with Crippen molar-refractivity contribution < 1.29 is 93.9 Å². The summed E-state index contributed by atoms with van der Waals surface area (Å²) < 4.78 is 31.2. The first kappa shape index (κ1) is 73.6. The first-order valence-electron chi connectivity index (χ1n) is 31.4. The molecule has 0 heterocycles. The molecule has 0 amide bonds. The van der Waals surface area contributed by atoms with Crippen molar-refractivity contribution >= 4 is 45.5 Å². The fourth-order valence-corrected chi connectivity index (χ4v) is 10.7. The van der Waals surface area contributed by atoms with Crippen molar-refractivity contribution in [2.24, 2.45) is 0 Å². The number of ether oxygens (including phenoxy) is 4. The second-order valence-corrected chi connectivity index (χ2v) is 24.2. The molecule has 0 saturated heterocycles. The van der Waals surface area contributed by atoms with E-state index < -0.39 is 16.8 Å². The minimum absolute atomic E-state index is 0. The zero-order chi connectivity index (χ0) is 67.0. The van der Waals surface area contributed by atoms with Crippen LogP contribution in [0.3, 0.4) is 0 Å². The van der Waals surface area contributed by atoms with E-state index in [1.165, 1.54) is 23.3 Å². The van der Waals surface area contributed by atoms with Crippen LogP contribution in [0, 0.1) is 6.92 Å². The second-order valence-electron chi connectivity index (χ2n) is 23.9. The molecular formula is C79H81BNaO13P. The number of benzene rings is 9. The summed E-state index contributed by atoms with van der Waals surface area (Å²) in [7, 11) is 1.90. The summed E-state index contributed by atoms with van der Waals surface area (Å²) >= 11 is 0. The smallest absolute Gasteiger partial charge is 1.00 e. The molecule has 4 saturated carbocycles. The molecule has 0 radical (unpaired) electrons. The fraction of sp³-hybridized carbons (Fsp3) is 0.253. The van der Waals surface area contributed by atoms with E-state index >= 15 is 0 Å². The molecule has 13 nitrogen and oxygen atoms in total. The minimum Gasteiger partial charge on any atom is -1.00 e. The van der Waals surface area contributed by atoms with Gasteiger partial charge in [0.05, 0.1) is 28.1 Å². The second kappa shape index (κ2) is 35.7. The average molecular weight is 1300 g/mol. The number of phenolic OH excluding ortho intramolecular Hbond substituents is 2. The number of hydrogen-bond donors (Lipinski definition) is 3. The number of aryl methyl sites for hydroxylation is 1. The molecule has 0 bridgehead atoms. The Balaban J connectivity index is 0.000000194. The standard InChI is InChI=1S/C24H22O3.C22H20O3.C12H14O.C11H12O2.C10H10O3.BH2OP.Na.H/c25-23(27-18-20-9-5-2-6-10-20)24(15-16-24)21-11-13-22(14-12-21)26-17-19-7-3-1-4-8-19;23-22(25-17-20-9-5-2-6-10-20)15-18-11-13-21(14-12-18)24-16-19-7-3-1-4-8-19;1-9-3-5-11(6-4-9)12(7-8-12)10(2)13;1-8(12)11(6-7-11)9-2-4-10(13)5-3-9;11-8-3-1-7(2-4-8)10(5-6-10)9(12)13;2-1-3;;/h1-14H,15-18H2;1-14H,15-17H2;3-6H,7-8H2,1-2H3;2-5,13H,6-7H2,1H3;1-4,11H,5-6H2,(H,12,13);3H2;;/q;;;;;;+1;-1. The molecule has 484 valence electrons. The number of carboxylic acid groups (broad SMARTS) is 1. The summed E-state index contributed by atoms with van der Waals surface area (Å²) in [5.74, 6) is 1.42. The molecule has 0 aliphatic heterocycles. The number of rotatable bonds is 20. The van der Waals surface area contributed by atoms with Gasteiger partial charge in [-0.15, -0.1) is 0 Å². The van der Waals surface area contributed by atoms with Crippen LogP contribution in [0.5, 0.6) is 23.0 Å². The maximum absolute atomic E-state index is 12.6. The van der Waals surface area contributed by atoms with Gasteiger partial charge in [0.15, 0.2) is 0 Å². The van der Waals surface area contributed by atoms with Crippen molar-refractivity contribution in [1.29, 1.82) is 0 Å². The maximum atomic E-state index is 12.6. The number of aliphatic carboxylic acids is 1. The maximum Gasteiger partial charge on any atom is 1.00 e. The SMILES string of the molecule is CC(=O)C1(c2ccc(C)cc2)CC1.CC(=O)C1(c2ccc(O)cc2)CC1.O=BP.O=C(Cc1ccc(OCc2ccccc2)cc1)OCc1ccccc1.O=C(O)C1(c2ccc(O)cc2)CC1.O=C(OCc1ccccc1)C1(c2ccc(OCc3ccccc3)cc2)CC1.[H-].[Na+]. The third-order valence-corrected chi connectivity index (χ3v) is 17.2. The number of carbonyl (C=O) groups is 5. The van der Waals surface area contributed by atoms with Crippen LogP contribution in [-0.2, 0) is 92.7 Å². The fourth-order valence-electron chi connectivity index (χ4n) is 10.7. The average Bonchev–Trinajstić information content (AvgIpc) is 1.63. The summed E-state index contributed by atoms with van der Waals surface area (Å²) in [6.45, 7) is 7.76. The molecule has 4 aliphatic rings. The molecule has 95 heavy (non-hydrogen) atoms. The largest absolute Gasteiger partial charge is 1.00 e. The van der Waals surface area contributed by atoms with Gasteiger partial charge in [-0.2, -0.15) is 0 Å². The Morgan fingerprint density at radius 2 is 0.705 bits per heavy atom. The van der Waals surface area contributed by atoms with Gasteiger partial charge in [-0.25, -0.2) is 0 Å². The quantitative estimate of drug-likeness (QED) is 0.0370. The van der Waals surface area contributed by atoms with E-state index in [2.05, 4.69) is 31.2 Å². The molecule has 1 atom stereocenters. The van der Waals surface area contributed by atoms with Gasteiger partial charge in [-0.1, -0.05) is 200 Å². The van der Waals surface area contributed by atoms with Crippen LogP contribution in [0.25, 0.3) is 0 Å². The Bertz CT molecular complexity index is 3720. The van der Waals surface area contributed by atoms with Gasteiger partial charge in [-0.3, -0.25) is 24.0 Å². The summed E-state index contributed by atoms with van der Waals surface area (Å²) in [4.78, 5) is 58.2. The number of carbonyl (C=O) groups excluding carboxylic acids is 4. The van der Waals surface area contributed by atoms with Gasteiger partial charge in [0.1, 0.15) is 61.0 Å². The Morgan fingerprint density at radius 3 is 1.04 bits per heavy atom. The van der Waals surface area contributed by atoms with Crippen LogP contribution in [0.1, 0.15) is 122 Å². The molecule has 13 rings (SSSR count). The summed E-state index contributed by atoms with van der Waals surface area (Å²) in [6.07, 6.45) is 7.30. The minimum atomic E-state index is -0.766. The Kier molecular flexibility index (Phi) is 27.6. The van der Waals surface area contributed by atoms with Crippen LogP contribution in [0.2, 0.25) is 0 Å². The third kappa shape index (κ3) is 21.6. The number of ketones is 2. The Hall–Kier alpha value is -8.78. The number of aromatic hydroxyl groups is 2. The van der Waals surface area contributed by atoms with Crippen molar-refractivity contribution in [2.75, 3.05) is 0 Å². The Labute approximate surface area is 583 Å². The van der Waals surface area contributed by atoms with Crippen LogP contribution in [0.4, 0.5) is 0 Å². The molecule has 0 spiro atoms. The molecule has 16 heteroatoms.